The van der Waals surface area contributed by atoms with Gasteiger partial charge in [-0.1, -0.05) is 13.3 Å². The van der Waals surface area contributed by atoms with Crippen molar-refractivity contribution >= 4 is 29.5 Å². The highest BCUT2D eigenvalue weighted by atomic mass is 19.2. The van der Waals surface area contributed by atoms with Crippen LogP contribution in [0.5, 0.6) is 5.75 Å². The molecule has 0 bridgehead atoms. The number of nitrogens with one attached hydrogen (secondary N) is 1. The van der Waals surface area contributed by atoms with Gasteiger partial charge >= 0.3 is 0 Å². The first-order chi connectivity index (χ1) is 20.3. The average molecular weight is 577 g/mol. The van der Waals surface area contributed by atoms with Crippen LogP contribution < -0.4 is 10.1 Å². The summed E-state index contributed by atoms with van der Waals surface area (Å²) in [5, 5.41) is 18.8. The zero-order chi connectivity index (χ0) is 30.2. The van der Waals surface area contributed by atoms with E-state index in [1.54, 1.807) is 16.7 Å². The molecule has 4 aromatic rings. The molecule has 10 nitrogen and oxygen atoms in total. The molecule has 218 valence electrons. The maximum Gasteiger partial charge on any atom is 0.290 e. The molecule has 3 heterocycles. The Hall–Kier alpha value is -5.05. The predicted octanol–water partition coefficient (Wildman–Crippen LogP) is 5.59. The molecule has 0 radical (unpaired) electrons. The molecular formula is C30H30F2N6O4. The molecule has 1 saturated heterocycles. The Morgan fingerprint density at radius 1 is 1.21 bits per heavy atom. The number of carbonyl (C=O) groups excluding carboxylic acids is 1. The van der Waals surface area contributed by atoms with E-state index in [2.05, 4.69) is 22.2 Å². The van der Waals surface area contributed by atoms with Gasteiger partial charge in [-0.05, 0) is 61.6 Å². The van der Waals surface area contributed by atoms with E-state index < -0.39 is 18.2 Å². The van der Waals surface area contributed by atoms with Gasteiger partial charge < -0.3 is 20.1 Å². The highest BCUT2D eigenvalue weighted by Gasteiger charge is 2.24. The summed E-state index contributed by atoms with van der Waals surface area (Å²) in [6.07, 6.45) is 7.80. The minimum atomic E-state index is -1.18. The van der Waals surface area contributed by atoms with Crippen molar-refractivity contribution in [3.05, 3.63) is 71.7 Å². The smallest absolute Gasteiger partial charge is 0.290 e. The van der Waals surface area contributed by atoms with Gasteiger partial charge in [-0.25, -0.2) is 14.4 Å². The number of imidazole rings is 1. The maximum atomic E-state index is 14.9. The number of hydrogen-bond donors (Lipinski definition) is 2. The third-order valence-electron chi connectivity index (χ3n) is 7.24. The zero-order valence-corrected chi connectivity index (χ0v) is 23.2. The van der Waals surface area contributed by atoms with E-state index in [-0.39, 0.29) is 23.7 Å². The van der Waals surface area contributed by atoms with E-state index in [0.29, 0.717) is 28.6 Å². The Kier molecular flexibility index (Phi) is 9.65. The molecule has 42 heavy (non-hydrogen) atoms. The van der Waals surface area contributed by atoms with Crippen molar-refractivity contribution in [2.45, 2.75) is 33.1 Å². The van der Waals surface area contributed by atoms with Crippen LogP contribution in [0, 0.1) is 35.8 Å². The lowest BCUT2D eigenvalue weighted by Gasteiger charge is -2.32. The Labute approximate surface area is 241 Å². The van der Waals surface area contributed by atoms with Crippen LogP contribution >= 0.6 is 0 Å². The lowest BCUT2D eigenvalue weighted by molar-refractivity contribution is -0.122. The number of likely N-dealkylation sites (tertiary alicyclic amines) is 1. The van der Waals surface area contributed by atoms with E-state index in [0.717, 1.165) is 43.6 Å². The number of fused-ring (bicyclic) bond motifs is 1. The number of piperidine rings is 1. The Morgan fingerprint density at radius 3 is 2.62 bits per heavy atom. The third kappa shape index (κ3) is 6.30. The molecule has 0 saturated carbocycles. The minimum Gasteiger partial charge on any atom is -0.483 e. The maximum absolute atomic E-state index is 14.9. The first-order valence-electron chi connectivity index (χ1n) is 13.4. The number of carbonyl (C=O) groups is 2. The number of benzene rings is 2. The number of halogens is 2. The van der Waals surface area contributed by atoms with E-state index in [1.807, 2.05) is 30.0 Å². The second-order valence-electron chi connectivity index (χ2n) is 9.70. The predicted molar refractivity (Wildman–Crippen MR) is 152 cm³/mol. The van der Waals surface area contributed by atoms with Crippen LogP contribution in [0.3, 0.4) is 0 Å². The number of nitrogens with zero attached hydrogens (tertiary/aromatic N) is 5. The number of amides is 1. The largest absolute Gasteiger partial charge is 0.483 e. The van der Waals surface area contributed by atoms with Crippen LogP contribution in [0.1, 0.15) is 42.1 Å². The lowest BCUT2D eigenvalue weighted by atomic mass is 9.94. The molecule has 2 N–H and O–H groups in total. The van der Waals surface area contributed by atoms with Gasteiger partial charge in [0.25, 0.3) is 12.4 Å². The number of ether oxygens (including phenoxy) is 1. The Morgan fingerprint density at radius 2 is 1.95 bits per heavy atom. The normalized spacial score (nSPS) is 13.2. The summed E-state index contributed by atoms with van der Waals surface area (Å²) in [7, 11) is 0. The molecule has 2 aromatic heterocycles. The summed E-state index contributed by atoms with van der Waals surface area (Å²) < 4.78 is 36.0. The summed E-state index contributed by atoms with van der Waals surface area (Å²) in [6, 6.07) is 9.91. The molecule has 5 rings (SSSR count). The van der Waals surface area contributed by atoms with Crippen molar-refractivity contribution in [2.24, 2.45) is 5.92 Å². The van der Waals surface area contributed by atoms with Crippen molar-refractivity contribution in [3.63, 3.8) is 0 Å². The van der Waals surface area contributed by atoms with E-state index in [4.69, 9.17) is 19.9 Å². The number of aromatic nitrogens is 3. The van der Waals surface area contributed by atoms with Crippen LogP contribution in [-0.2, 0) is 4.79 Å². The molecular weight excluding hydrogens is 546 g/mol. The lowest BCUT2D eigenvalue weighted by Crippen LogP contribution is -2.38. The SMILES string of the molecule is CCC1CCN(C(=O)c2ccc(Nc3nccn4c(-c5ccc(OCC#N)c(F)c5F)cnc34)cc2C)CC1.O=CO. The summed E-state index contributed by atoms with van der Waals surface area (Å²) in [4.78, 5) is 32.2. The van der Waals surface area contributed by atoms with E-state index >= 15 is 0 Å². The molecule has 12 heteroatoms. The molecule has 1 aliphatic rings. The van der Waals surface area contributed by atoms with E-state index in [1.165, 1.54) is 24.5 Å². The zero-order valence-electron chi connectivity index (χ0n) is 23.2. The molecule has 0 atom stereocenters. The van der Waals surface area contributed by atoms with Gasteiger partial charge in [0.2, 0.25) is 5.82 Å². The van der Waals surface area contributed by atoms with Crippen molar-refractivity contribution in [1.82, 2.24) is 19.3 Å². The number of anilines is 2. The van der Waals surface area contributed by atoms with Gasteiger partial charge in [-0.3, -0.25) is 14.0 Å². The summed E-state index contributed by atoms with van der Waals surface area (Å²) in [5.74, 6) is -1.46. The molecule has 0 aliphatic carbocycles. The topological polar surface area (TPSA) is 133 Å². The minimum absolute atomic E-state index is 0.0110. The fourth-order valence-electron chi connectivity index (χ4n) is 4.99. The monoisotopic (exact) mass is 576 g/mol. The van der Waals surface area contributed by atoms with E-state index in [9.17, 15) is 13.6 Å². The highest BCUT2D eigenvalue weighted by molar-refractivity contribution is 5.96. The third-order valence-corrected chi connectivity index (χ3v) is 7.24. The molecule has 0 unspecified atom stereocenters. The molecule has 0 spiro atoms. The quantitative estimate of drug-likeness (QED) is 0.272. The van der Waals surface area contributed by atoms with Crippen molar-refractivity contribution in [1.29, 1.82) is 5.26 Å². The first kappa shape index (κ1) is 29.9. The number of hydrogen-bond acceptors (Lipinski definition) is 7. The average Bonchev–Trinajstić information content (AvgIpc) is 3.43. The van der Waals surface area contributed by atoms with Crippen molar-refractivity contribution in [3.8, 4) is 23.1 Å². The second-order valence-corrected chi connectivity index (χ2v) is 9.70. The first-order valence-corrected chi connectivity index (χ1v) is 13.4. The summed E-state index contributed by atoms with van der Waals surface area (Å²) in [6.45, 7) is 5.02. The fourth-order valence-corrected chi connectivity index (χ4v) is 4.99. The van der Waals surface area contributed by atoms with Crippen LogP contribution in [0.15, 0.2) is 48.9 Å². The molecule has 1 fully saturated rings. The van der Waals surface area contributed by atoms with Gasteiger partial charge in [0.1, 0.15) is 6.07 Å². The molecule has 1 amide bonds. The van der Waals surface area contributed by atoms with Gasteiger partial charge in [0.05, 0.1) is 11.9 Å². The molecule has 2 aromatic carbocycles. The standard InChI is InChI=1S/C29H28F2N6O2.CH2O2/c1-3-19-8-12-36(13-9-19)29(38)21-5-4-20(16-18(21)2)35-27-28-34-17-23(37(28)14-11-33-27)22-6-7-24(39-15-10-32)26(31)25(22)30;2-1-3/h4-7,11,14,16-17,19H,3,8-9,12-13,15H2,1-2H3,(H,33,35);1H,(H,2,3). The Balaban J connectivity index is 0.00000129. The van der Waals surface area contributed by atoms with Gasteiger partial charge in [-0.15, -0.1) is 0 Å². The highest BCUT2D eigenvalue weighted by Crippen LogP contribution is 2.32. The fraction of sp³-hybridized carbons (Fsp3) is 0.300. The van der Waals surface area contributed by atoms with Crippen LogP contribution in [0.4, 0.5) is 20.3 Å². The number of rotatable bonds is 7. The summed E-state index contributed by atoms with van der Waals surface area (Å²) in [5.41, 5.74) is 2.95. The molecule has 1 aliphatic heterocycles. The van der Waals surface area contributed by atoms with Gasteiger partial charge in [-0.2, -0.15) is 9.65 Å². The number of carboxylic acid groups (broad SMARTS) is 1. The van der Waals surface area contributed by atoms with Crippen LogP contribution in [0.25, 0.3) is 16.9 Å². The Bertz CT molecular complexity index is 1630. The summed E-state index contributed by atoms with van der Waals surface area (Å²) >= 11 is 0. The van der Waals surface area contributed by atoms with Crippen LogP contribution in [0.2, 0.25) is 0 Å². The van der Waals surface area contributed by atoms with Crippen molar-refractivity contribution < 1.29 is 28.2 Å². The van der Waals surface area contributed by atoms with Crippen molar-refractivity contribution in [2.75, 3.05) is 25.0 Å². The van der Waals surface area contributed by atoms with Gasteiger partial charge in [0, 0.05) is 42.3 Å². The number of aryl methyl sites for hydroxylation is 1. The van der Waals surface area contributed by atoms with Crippen LogP contribution in [-0.4, -0.2) is 56.5 Å². The van der Waals surface area contributed by atoms with Gasteiger partial charge in [0.15, 0.2) is 29.6 Å². The second kappa shape index (κ2) is 13.5. The number of nitriles is 1.